The van der Waals surface area contributed by atoms with Crippen molar-refractivity contribution in [3.63, 3.8) is 0 Å². The highest BCUT2D eigenvalue weighted by Crippen LogP contribution is 2.30. The first-order chi connectivity index (χ1) is 53.2. The van der Waals surface area contributed by atoms with Gasteiger partial charge in [-0.15, -0.1) is 0 Å². The second-order valence-electron chi connectivity index (χ2n) is 35.3. The minimum atomic E-state index is -1.85. The van der Waals surface area contributed by atoms with Gasteiger partial charge in [-0.3, -0.25) is 81.5 Å². The van der Waals surface area contributed by atoms with Gasteiger partial charge < -0.3 is 104 Å². The number of β-amino-alcohol motifs (C(OH)–C–C–N with tert-alkyl or cyclic N) is 3. The Morgan fingerprint density at radius 3 is 1.12 bits per heavy atom. The van der Waals surface area contributed by atoms with Gasteiger partial charge in [-0.1, -0.05) is 89.5 Å². The van der Waals surface area contributed by atoms with Gasteiger partial charge in [0.25, 0.3) is 0 Å². The zero-order valence-electron chi connectivity index (χ0n) is 72.8. The molecule has 0 aromatic carbocycles. The smallest absolute Gasteiger partial charge is 0.322 e. The number of hydrogen-bond donors (Lipinski definition) is 17. The summed E-state index contributed by atoms with van der Waals surface area (Å²) in [6, 6.07) is -7.97. The Morgan fingerprint density at radius 1 is 0.362 bits per heavy atom. The fourth-order valence-electron chi connectivity index (χ4n) is 13.6. The van der Waals surface area contributed by atoms with E-state index in [0.29, 0.717) is 6.42 Å². The number of aliphatic carboxylic acids is 1. The van der Waals surface area contributed by atoms with Crippen molar-refractivity contribution in [3.8, 4) is 0 Å². The summed E-state index contributed by atoms with van der Waals surface area (Å²) in [6.07, 6.45) is -3.95. The van der Waals surface area contributed by atoms with E-state index in [4.69, 9.17) is 5.11 Å². The third-order valence-electron chi connectivity index (χ3n) is 23.0. The zero-order chi connectivity index (χ0) is 89.5. The van der Waals surface area contributed by atoms with Crippen LogP contribution in [-0.2, 0) is 81.5 Å². The molecule has 0 saturated carbocycles. The standard InChI is InChI=1S/C79H136N16O21/c1-26-44(12)55(83-59(105)52-36-47(98)41-95(52)69(115)78(24,31-6)84-45(13)96)61(107)88-75(21,28-3)65(111)82-50(34-43(10)11)56(102)85-71(14,15)62(108)89-72(16,17)63(109)91-79(25,32-7)70(116)94-40-46(97)35-51(94)58(104)81-49(33-42(8)9)57(103)86-76(22,29-4)66(112)90-73(18,19)68(114)93-39-48(99)37-53(93)60(106)87-77(23,30-5)67(113)92-74(20,27-2)64(110)80-38-54(100)101/h42-44,46-53,55,97-99H,26-41H2,1-25H3,(H,80,110)(H,81,104)(H,82,111)(H,83,105)(H,84,96)(H,85,102)(H,86,103)(H,87,106)(H,88,107)(H,89,108)(H,90,112)(H,91,109)(H,92,113)(H,100,101)/t44-,46+,47+,48+,49-,50-,51-,52-,53?,55-,74?,75-,76-,77?,78+,79-/m0/s1. The molecule has 3 fully saturated rings. The highest BCUT2D eigenvalue weighted by Gasteiger charge is 2.53. The number of carbonyl (C=O) groups excluding carboxylic acids is 16. The Hall–Kier alpha value is -9.13. The summed E-state index contributed by atoms with van der Waals surface area (Å²) in [5.41, 5.74) is -15.6. The number of aliphatic hydroxyl groups is 3. The predicted octanol–water partition coefficient (Wildman–Crippen LogP) is -0.921. The highest BCUT2D eigenvalue weighted by atomic mass is 16.4. The van der Waals surface area contributed by atoms with Crippen LogP contribution in [0.15, 0.2) is 0 Å². The molecule has 17 N–H and O–H groups in total. The van der Waals surface area contributed by atoms with Crippen LogP contribution in [0.1, 0.15) is 250 Å². The van der Waals surface area contributed by atoms with Crippen LogP contribution in [-0.4, -0.2) is 266 Å². The monoisotopic (exact) mass is 1650 g/mol. The first kappa shape index (κ1) is 101. The summed E-state index contributed by atoms with van der Waals surface area (Å²) in [5, 5.41) is 76.4. The van der Waals surface area contributed by atoms with E-state index >= 15 is 0 Å². The Morgan fingerprint density at radius 2 is 0.698 bits per heavy atom. The number of aliphatic hydroxyl groups excluding tert-OH is 3. The van der Waals surface area contributed by atoms with E-state index in [0.717, 1.165) is 9.80 Å². The number of rotatable bonds is 41. The van der Waals surface area contributed by atoms with E-state index in [1.807, 2.05) is 0 Å². The summed E-state index contributed by atoms with van der Waals surface area (Å²) in [4.78, 5) is 241. The maximum atomic E-state index is 14.9. The van der Waals surface area contributed by atoms with Crippen LogP contribution in [0.2, 0.25) is 0 Å². The lowest BCUT2D eigenvalue weighted by atomic mass is 9.91. The van der Waals surface area contributed by atoms with Gasteiger partial charge in [0.1, 0.15) is 92.6 Å². The van der Waals surface area contributed by atoms with Gasteiger partial charge in [-0.2, -0.15) is 0 Å². The number of amides is 16. The van der Waals surface area contributed by atoms with Crippen molar-refractivity contribution in [2.45, 2.75) is 355 Å². The lowest BCUT2D eigenvalue weighted by Crippen LogP contribution is -2.68. The average molecular weight is 1650 g/mol. The minimum Gasteiger partial charge on any atom is -0.480 e. The first-order valence-corrected chi connectivity index (χ1v) is 40.4. The van der Waals surface area contributed by atoms with Gasteiger partial charge in [-0.25, -0.2) is 0 Å². The van der Waals surface area contributed by atoms with Crippen molar-refractivity contribution < 1.29 is 102 Å². The lowest BCUT2D eigenvalue weighted by molar-refractivity contribution is -0.148. The molecule has 0 bridgehead atoms. The van der Waals surface area contributed by atoms with Crippen LogP contribution >= 0.6 is 0 Å². The lowest BCUT2D eigenvalue weighted by Gasteiger charge is -2.39. The maximum absolute atomic E-state index is 14.9. The molecule has 3 unspecified atom stereocenters. The van der Waals surface area contributed by atoms with E-state index in [1.54, 1.807) is 83.1 Å². The molecule has 116 heavy (non-hydrogen) atoms. The van der Waals surface area contributed by atoms with Crippen LogP contribution in [0.4, 0.5) is 0 Å². The summed E-state index contributed by atoms with van der Waals surface area (Å²) in [7, 11) is 0. The fraction of sp³-hybridized carbons (Fsp3) is 0.785. The molecule has 0 aliphatic carbocycles. The number of carboxylic acids is 1. The van der Waals surface area contributed by atoms with Crippen molar-refractivity contribution >= 4 is 100 Å². The molecule has 16 atom stereocenters. The minimum absolute atomic E-state index is 0.0133. The van der Waals surface area contributed by atoms with Gasteiger partial charge in [0, 0.05) is 45.8 Å². The Balaban J connectivity index is 1.80. The second-order valence-corrected chi connectivity index (χ2v) is 35.3. The van der Waals surface area contributed by atoms with Gasteiger partial charge in [0.05, 0.1) is 18.3 Å². The number of hydrogen-bond acceptors (Lipinski definition) is 20. The van der Waals surface area contributed by atoms with Crippen LogP contribution in [0.3, 0.4) is 0 Å². The molecule has 658 valence electrons. The van der Waals surface area contributed by atoms with Gasteiger partial charge in [-0.05, 0) is 152 Å². The van der Waals surface area contributed by atoms with Crippen molar-refractivity contribution in [1.82, 2.24) is 83.8 Å². The van der Waals surface area contributed by atoms with Crippen LogP contribution in [0, 0.1) is 17.8 Å². The summed E-state index contributed by atoms with van der Waals surface area (Å²) < 4.78 is 0. The van der Waals surface area contributed by atoms with E-state index < -0.39 is 217 Å². The topological polar surface area (TPSA) is 537 Å². The molecule has 0 aromatic heterocycles. The number of nitrogens with one attached hydrogen (secondary N) is 13. The van der Waals surface area contributed by atoms with E-state index in [9.17, 15) is 96.8 Å². The van der Waals surface area contributed by atoms with Crippen molar-refractivity contribution in [2.24, 2.45) is 17.8 Å². The average Bonchev–Trinajstić information content (AvgIpc) is 1.14. The normalized spacial score (nSPS) is 21.9. The van der Waals surface area contributed by atoms with E-state index in [-0.39, 0.29) is 102 Å². The van der Waals surface area contributed by atoms with Gasteiger partial charge >= 0.3 is 5.97 Å². The van der Waals surface area contributed by atoms with E-state index in [2.05, 4.69) is 69.1 Å². The van der Waals surface area contributed by atoms with Crippen LogP contribution in [0.25, 0.3) is 0 Å². The van der Waals surface area contributed by atoms with E-state index in [1.165, 1.54) is 94.9 Å². The third kappa shape index (κ3) is 25.4. The Labute approximate surface area is 682 Å². The highest BCUT2D eigenvalue weighted by molar-refractivity contribution is 6.04. The molecule has 0 spiro atoms. The van der Waals surface area contributed by atoms with Crippen molar-refractivity contribution in [1.29, 1.82) is 0 Å². The molecule has 3 saturated heterocycles. The van der Waals surface area contributed by atoms with Crippen molar-refractivity contribution in [3.05, 3.63) is 0 Å². The first-order valence-electron chi connectivity index (χ1n) is 40.4. The molecule has 3 rings (SSSR count). The maximum Gasteiger partial charge on any atom is 0.322 e. The van der Waals surface area contributed by atoms with Gasteiger partial charge in [0.2, 0.25) is 94.5 Å². The quantitative estimate of drug-likeness (QED) is 0.0352. The molecule has 3 heterocycles. The Kier molecular flexibility index (Phi) is 35.2. The summed E-state index contributed by atoms with van der Waals surface area (Å²) >= 11 is 0. The van der Waals surface area contributed by atoms with Crippen molar-refractivity contribution in [2.75, 3.05) is 26.2 Å². The Bertz CT molecular complexity index is 3670. The molecule has 37 nitrogen and oxygen atoms in total. The molecular formula is C79H136N16O21. The summed E-state index contributed by atoms with van der Waals surface area (Å²) in [6.45, 7) is 36.4. The molecular weight excluding hydrogens is 1510 g/mol. The van der Waals surface area contributed by atoms with Crippen LogP contribution < -0.4 is 69.1 Å². The molecule has 0 radical (unpaired) electrons. The van der Waals surface area contributed by atoms with Crippen LogP contribution in [0.5, 0.6) is 0 Å². The summed E-state index contributed by atoms with van der Waals surface area (Å²) in [5.74, 6) is -15.0. The second kappa shape index (κ2) is 40.3. The number of carboxylic acid groups (broad SMARTS) is 1. The zero-order valence-corrected chi connectivity index (χ0v) is 72.8. The largest absolute Gasteiger partial charge is 0.480 e. The number of carbonyl (C=O) groups is 17. The SMILES string of the molecule is CC[C@H](C)[C@H](NC(=O)[C@@H]1C[C@@H](O)CN1C(=O)[C@@](C)(CC)NC(C)=O)C(=O)N[C@@](C)(CC)C(=O)N[C@@H](CC(C)C)C(=O)NC(C)(C)C(=O)NC(C)(C)C(=O)N[C@@](C)(CC)C(=O)N1C[C@H](O)C[C@H]1C(=O)N[C@@H](CC(C)C)C(=O)N[C@@](C)(CC)C(=O)NC(C)(C)C(=O)N1C[C@H](O)CC1C(=O)NC(C)(CC)C(=O)NC(C)(CC)C(=O)NCC(=O)O. The number of likely N-dealkylation sites (tertiary alicyclic amines) is 3. The number of nitrogens with zero attached hydrogens (tertiary/aromatic N) is 3. The molecule has 16 amide bonds. The van der Waals surface area contributed by atoms with Gasteiger partial charge in [0.15, 0.2) is 0 Å². The predicted molar refractivity (Wildman–Crippen MR) is 427 cm³/mol. The third-order valence-corrected chi connectivity index (χ3v) is 23.0. The fourth-order valence-corrected chi connectivity index (χ4v) is 13.6. The molecule has 3 aliphatic heterocycles. The molecule has 3 aliphatic rings. The molecule has 0 aromatic rings. The molecule has 37 heteroatoms.